The lowest BCUT2D eigenvalue weighted by Crippen LogP contribution is -2.48. The van der Waals surface area contributed by atoms with Crippen LogP contribution < -0.4 is 14.4 Å². The molecule has 0 saturated carbocycles. The molecule has 2 aromatic carbocycles. The first-order chi connectivity index (χ1) is 15.7. The fourth-order valence-corrected chi connectivity index (χ4v) is 6.41. The third-order valence-electron chi connectivity index (χ3n) is 4.78. The van der Waals surface area contributed by atoms with Crippen molar-refractivity contribution < 1.29 is 17.9 Å². The standard InChI is InChI=1S/C22H24N4O4S3/c1-14(2)13-31-22-25-24-21(32-22)23-20(27)19-12-26(17-11-15(3)9-10-18(17)30-19)33(28,29)16-7-5-4-6-8-16/h4-11,14,19H,12-13H2,1-3H3,(H,23,24,27)/t19-/m1/s1. The van der Waals surface area contributed by atoms with Crippen LogP contribution in [-0.4, -0.2) is 42.9 Å². The van der Waals surface area contributed by atoms with Crippen LogP contribution in [0.1, 0.15) is 19.4 Å². The summed E-state index contributed by atoms with van der Waals surface area (Å²) in [7, 11) is -3.90. The Morgan fingerprint density at radius 3 is 2.73 bits per heavy atom. The summed E-state index contributed by atoms with van der Waals surface area (Å²) in [5, 5.41) is 11.2. The molecule has 0 bridgehead atoms. The van der Waals surface area contributed by atoms with Gasteiger partial charge in [-0.1, -0.05) is 61.2 Å². The molecular weight excluding hydrogens is 480 g/mol. The zero-order chi connectivity index (χ0) is 23.6. The molecule has 1 N–H and O–H groups in total. The van der Waals surface area contributed by atoms with Crippen LogP contribution in [0.15, 0.2) is 57.8 Å². The molecule has 0 fully saturated rings. The van der Waals surface area contributed by atoms with E-state index in [1.807, 2.05) is 13.0 Å². The van der Waals surface area contributed by atoms with Gasteiger partial charge in [0.05, 0.1) is 17.1 Å². The first kappa shape index (κ1) is 23.5. The van der Waals surface area contributed by atoms with Gasteiger partial charge in [0.25, 0.3) is 15.9 Å². The van der Waals surface area contributed by atoms with E-state index in [2.05, 4.69) is 29.4 Å². The largest absolute Gasteiger partial charge is 0.476 e. The van der Waals surface area contributed by atoms with Crippen molar-refractivity contribution in [2.24, 2.45) is 5.92 Å². The summed E-state index contributed by atoms with van der Waals surface area (Å²) in [5.41, 5.74) is 1.29. The van der Waals surface area contributed by atoms with Gasteiger partial charge in [-0.3, -0.25) is 14.4 Å². The number of aromatic nitrogens is 2. The smallest absolute Gasteiger partial charge is 0.269 e. The minimum atomic E-state index is -3.90. The minimum Gasteiger partial charge on any atom is -0.476 e. The van der Waals surface area contributed by atoms with E-state index in [0.29, 0.717) is 22.5 Å². The van der Waals surface area contributed by atoms with Crippen molar-refractivity contribution in [2.75, 3.05) is 21.9 Å². The number of hydrogen-bond donors (Lipinski definition) is 1. The van der Waals surface area contributed by atoms with Gasteiger partial charge in [-0.05, 0) is 42.7 Å². The van der Waals surface area contributed by atoms with Crippen LogP contribution in [0.5, 0.6) is 5.75 Å². The molecule has 4 rings (SSSR count). The molecule has 3 aromatic rings. The van der Waals surface area contributed by atoms with E-state index in [-0.39, 0.29) is 11.4 Å². The summed E-state index contributed by atoms with van der Waals surface area (Å²) in [6.45, 7) is 5.95. The highest BCUT2D eigenvalue weighted by Gasteiger charge is 2.38. The van der Waals surface area contributed by atoms with Gasteiger partial charge >= 0.3 is 0 Å². The average Bonchev–Trinajstić information content (AvgIpc) is 3.24. The van der Waals surface area contributed by atoms with Crippen molar-refractivity contribution in [1.82, 2.24) is 10.2 Å². The van der Waals surface area contributed by atoms with Gasteiger partial charge in [0.1, 0.15) is 5.75 Å². The van der Waals surface area contributed by atoms with E-state index in [1.54, 1.807) is 42.1 Å². The van der Waals surface area contributed by atoms with Gasteiger partial charge in [-0.2, -0.15) is 0 Å². The van der Waals surface area contributed by atoms with E-state index in [9.17, 15) is 13.2 Å². The van der Waals surface area contributed by atoms with E-state index in [4.69, 9.17) is 4.74 Å². The molecule has 1 atom stereocenters. The Morgan fingerprint density at radius 1 is 1.24 bits per heavy atom. The molecule has 0 unspecified atom stereocenters. The number of anilines is 2. The van der Waals surface area contributed by atoms with Crippen molar-refractivity contribution in [1.29, 1.82) is 0 Å². The zero-order valence-electron chi connectivity index (χ0n) is 18.4. The SMILES string of the molecule is Cc1ccc2c(c1)N(S(=O)(=O)c1ccccc1)C[C@H](C(=O)Nc1nnc(SCC(C)C)s1)O2. The van der Waals surface area contributed by atoms with Gasteiger partial charge in [-0.15, -0.1) is 10.2 Å². The maximum absolute atomic E-state index is 13.4. The average molecular weight is 505 g/mol. The monoisotopic (exact) mass is 504 g/mol. The van der Waals surface area contributed by atoms with Gasteiger partial charge in [-0.25, -0.2) is 8.42 Å². The second kappa shape index (κ2) is 9.70. The molecule has 8 nitrogen and oxygen atoms in total. The number of aryl methyl sites for hydroxylation is 1. The third kappa shape index (κ3) is 5.31. The predicted molar refractivity (Wildman–Crippen MR) is 131 cm³/mol. The number of ether oxygens (including phenoxy) is 1. The molecule has 1 aliphatic heterocycles. The first-order valence-electron chi connectivity index (χ1n) is 10.4. The molecule has 174 valence electrons. The van der Waals surface area contributed by atoms with Gasteiger partial charge < -0.3 is 4.74 Å². The summed E-state index contributed by atoms with van der Waals surface area (Å²) in [6, 6.07) is 13.4. The summed E-state index contributed by atoms with van der Waals surface area (Å²) in [4.78, 5) is 13.2. The summed E-state index contributed by atoms with van der Waals surface area (Å²) in [5.74, 6) is 1.26. The number of fused-ring (bicyclic) bond motifs is 1. The normalized spacial score (nSPS) is 15.8. The molecular formula is C22H24N4O4S3. The Hall–Kier alpha value is -2.63. The maximum atomic E-state index is 13.4. The van der Waals surface area contributed by atoms with Crippen LogP contribution in [0.3, 0.4) is 0 Å². The van der Waals surface area contributed by atoms with E-state index < -0.39 is 22.0 Å². The Kier molecular flexibility index (Phi) is 6.91. The number of benzene rings is 2. The molecule has 2 heterocycles. The number of rotatable bonds is 7. The summed E-state index contributed by atoms with van der Waals surface area (Å²) < 4.78 is 34.8. The minimum absolute atomic E-state index is 0.148. The topological polar surface area (TPSA) is 101 Å². The number of nitrogens with zero attached hydrogens (tertiary/aromatic N) is 3. The predicted octanol–water partition coefficient (Wildman–Crippen LogP) is 4.19. The number of hydrogen-bond acceptors (Lipinski definition) is 8. The number of thioether (sulfide) groups is 1. The second-order valence-electron chi connectivity index (χ2n) is 7.99. The van der Waals surface area contributed by atoms with Crippen LogP contribution in [-0.2, 0) is 14.8 Å². The van der Waals surface area contributed by atoms with Crippen LogP contribution >= 0.6 is 23.1 Å². The lowest BCUT2D eigenvalue weighted by atomic mass is 10.1. The van der Waals surface area contributed by atoms with E-state index >= 15 is 0 Å². The van der Waals surface area contributed by atoms with E-state index in [1.165, 1.54) is 27.8 Å². The van der Waals surface area contributed by atoms with Gasteiger partial charge in [0, 0.05) is 5.75 Å². The fraction of sp³-hybridized carbons (Fsp3) is 0.318. The van der Waals surface area contributed by atoms with Crippen LogP contribution in [0.2, 0.25) is 0 Å². The highest BCUT2D eigenvalue weighted by atomic mass is 32.2. The Bertz CT molecular complexity index is 1250. The Balaban J connectivity index is 1.58. The highest BCUT2D eigenvalue weighted by molar-refractivity contribution is 8.01. The first-order valence-corrected chi connectivity index (χ1v) is 13.6. The van der Waals surface area contributed by atoms with Gasteiger partial charge in [0.15, 0.2) is 10.4 Å². The van der Waals surface area contributed by atoms with Crippen molar-refractivity contribution in [3.05, 3.63) is 54.1 Å². The summed E-state index contributed by atoms with van der Waals surface area (Å²) >= 11 is 2.86. The van der Waals surface area contributed by atoms with Crippen molar-refractivity contribution in [3.63, 3.8) is 0 Å². The van der Waals surface area contributed by atoms with Crippen LogP contribution in [0, 0.1) is 12.8 Å². The Morgan fingerprint density at radius 2 is 2.00 bits per heavy atom. The van der Waals surface area contributed by atoms with Gasteiger partial charge in [0.2, 0.25) is 5.13 Å². The molecule has 1 aliphatic rings. The molecule has 0 saturated heterocycles. The van der Waals surface area contributed by atoms with E-state index in [0.717, 1.165) is 15.7 Å². The molecule has 11 heteroatoms. The number of nitrogens with one attached hydrogen (secondary N) is 1. The molecule has 0 spiro atoms. The lowest BCUT2D eigenvalue weighted by molar-refractivity contribution is -0.122. The molecule has 1 amide bonds. The third-order valence-corrected chi connectivity index (χ3v) is 8.98. The number of carbonyl (C=O) groups is 1. The second-order valence-corrected chi connectivity index (χ2v) is 12.1. The maximum Gasteiger partial charge on any atom is 0.269 e. The van der Waals surface area contributed by atoms with Crippen molar-refractivity contribution in [3.8, 4) is 5.75 Å². The molecule has 33 heavy (non-hydrogen) atoms. The number of carbonyl (C=O) groups excluding carboxylic acids is 1. The quantitative estimate of drug-likeness (QED) is 0.380. The highest BCUT2D eigenvalue weighted by Crippen LogP contribution is 2.38. The number of amides is 1. The zero-order valence-corrected chi connectivity index (χ0v) is 20.8. The van der Waals surface area contributed by atoms with Crippen molar-refractivity contribution in [2.45, 2.75) is 36.1 Å². The molecule has 1 aromatic heterocycles. The van der Waals surface area contributed by atoms with Crippen LogP contribution in [0.25, 0.3) is 0 Å². The lowest BCUT2D eigenvalue weighted by Gasteiger charge is -2.34. The van der Waals surface area contributed by atoms with Crippen LogP contribution in [0.4, 0.5) is 10.8 Å². The number of sulfonamides is 1. The summed E-state index contributed by atoms with van der Waals surface area (Å²) in [6.07, 6.45) is -1.05. The van der Waals surface area contributed by atoms with Crippen molar-refractivity contribution >= 4 is 49.8 Å². The molecule has 0 aliphatic carbocycles. The fourth-order valence-electron chi connectivity index (χ4n) is 3.19. The Labute approximate surface area is 201 Å². The molecule has 0 radical (unpaired) electrons.